The van der Waals surface area contributed by atoms with Crippen molar-refractivity contribution in [2.45, 2.75) is 51.3 Å². The van der Waals surface area contributed by atoms with Crippen molar-refractivity contribution in [3.8, 4) is 0 Å². The van der Waals surface area contributed by atoms with Gasteiger partial charge in [-0.15, -0.1) is 0 Å². The standard InChI is InChI=1S/C25H32N4O6/c1-16-3-5-18(6-4-16)12-21(25(33)28-7-9-34-10-8-28)26-24(32)22-13-19(30)15-29(22)23(31)14-20-11-17(2)27-35-20/h3-6,11,19,21-22,30H,7-10,12-15H2,1-2H3,(H,26,32)/t19-,21-,22+/m1/s1. The Kier molecular flexibility index (Phi) is 7.82. The third-order valence-electron chi connectivity index (χ3n) is 6.40. The minimum absolute atomic E-state index is 0.0457. The van der Waals surface area contributed by atoms with Gasteiger partial charge in [-0.05, 0) is 19.4 Å². The molecule has 2 aliphatic rings. The maximum atomic E-state index is 13.4. The van der Waals surface area contributed by atoms with Gasteiger partial charge < -0.3 is 29.5 Å². The van der Waals surface area contributed by atoms with E-state index in [1.54, 1.807) is 17.9 Å². The second kappa shape index (κ2) is 11.0. The van der Waals surface area contributed by atoms with Crippen LogP contribution in [0, 0.1) is 13.8 Å². The van der Waals surface area contributed by atoms with E-state index in [2.05, 4.69) is 10.5 Å². The Labute approximate surface area is 204 Å². The number of amides is 3. The number of aromatic nitrogens is 1. The lowest BCUT2D eigenvalue weighted by atomic mass is 10.0. The Balaban J connectivity index is 1.48. The molecular weight excluding hydrogens is 452 g/mol. The predicted molar refractivity (Wildman–Crippen MR) is 125 cm³/mol. The fourth-order valence-electron chi connectivity index (χ4n) is 4.52. The van der Waals surface area contributed by atoms with E-state index >= 15 is 0 Å². The molecule has 1 aromatic heterocycles. The first-order chi connectivity index (χ1) is 16.8. The van der Waals surface area contributed by atoms with Gasteiger partial charge in [0.05, 0.1) is 31.4 Å². The van der Waals surface area contributed by atoms with Crippen LogP contribution in [0.4, 0.5) is 0 Å². The minimum Gasteiger partial charge on any atom is -0.391 e. The van der Waals surface area contributed by atoms with E-state index in [1.807, 2.05) is 31.2 Å². The summed E-state index contributed by atoms with van der Waals surface area (Å²) in [6.07, 6.45) is -0.452. The molecule has 0 bridgehead atoms. The molecule has 2 N–H and O–H groups in total. The number of nitrogens with zero attached hydrogens (tertiary/aromatic N) is 3. The van der Waals surface area contributed by atoms with Gasteiger partial charge in [-0.25, -0.2) is 0 Å². The first-order valence-corrected chi connectivity index (χ1v) is 11.9. The van der Waals surface area contributed by atoms with Crippen molar-refractivity contribution in [1.29, 1.82) is 0 Å². The molecule has 0 aliphatic carbocycles. The van der Waals surface area contributed by atoms with Gasteiger partial charge in [0, 0.05) is 38.5 Å². The average molecular weight is 485 g/mol. The molecule has 2 fully saturated rings. The van der Waals surface area contributed by atoms with E-state index in [0.29, 0.717) is 44.2 Å². The minimum atomic E-state index is -0.875. The van der Waals surface area contributed by atoms with Gasteiger partial charge in [0.2, 0.25) is 17.7 Å². The number of nitrogens with one attached hydrogen (secondary N) is 1. The van der Waals surface area contributed by atoms with Crippen LogP contribution in [-0.4, -0.2) is 88.8 Å². The van der Waals surface area contributed by atoms with Crippen molar-refractivity contribution in [2.75, 3.05) is 32.8 Å². The number of ether oxygens (including phenoxy) is 1. The number of carbonyl (C=O) groups excluding carboxylic acids is 3. The van der Waals surface area contributed by atoms with E-state index in [-0.39, 0.29) is 31.2 Å². The van der Waals surface area contributed by atoms with Crippen LogP contribution >= 0.6 is 0 Å². The van der Waals surface area contributed by atoms with Crippen LogP contribution < -0.4 is 5.32 Å². The fraction of sp³-hybridized carbons (Fsp3) is 0.520. The molecule has 10 heteroatoms. The van der Waals surface area contributed by atoms with Crippen molar-refractivity contribution >= 4 is 17.7 Å². The molecule has 4 rings (SSSR count). The SMILES string of the molecule is Cc1ccc(C[C@@H](NC(=O)[C@@H]2C[C@@H](O)CN2C(=O)Cc2cc(C)no2)C(=O)N2CCOCC2)cc1. The second-order valence-electron chi connectivity index (χ2n) is 9.25. The van der Waals surface area contributed by atoms with Gasteiger partial charge in [-0.1, -0.05) is 35.0 Å². The van der Waals surface area contributed by atoms with Crippen molar-refractivity contribution in [3.63, 3.8) is 0 Å². The summed E-state index contributed by atoms with van der Waals surface area (Å²) in [5.41, 5.74) is 2.68. The molecule has 0 saturated carbocycles. The van der Waals surface area contributed by atoms with Crippen molar-refractivity contribution < 1.29 is 28.8 Å². The first-order valence-electron chi connectivity index (χ1n) is 11.9. The van der Waals surface area contributed by atoms with Crippen LogP contribution in [0.2, 0.25) is 0 Å². The highest BCUT2D eigenvalue weighted by molar-refractivity contribution is 5.93. The van der Waals surface area contributed by atoms with E-state index in [4.69, 9.17) is 9.26 Å². The quantitative estimate of drug-likeness (QED) is 0.582. The van der Waals surface area contributed by atoms with Crippen LogP contribution in [0.25, 0.3) is 0 Å². The molecule has 0 unspecified atom stereocenters. The predicted octanol–water partition coefficient (Wildman–Crippen LogP) is 0.382. The zero-order valence-electron chi connectivity index (χ0n) is 20.1. The lowest BCUT2D eigenvalue weighted by Gasteiger charge is -2.32. The maximum Gasteiger partial charge on any atom is 0.245 e. The summed E-state index contributed by atoms with van der Waals surface area (Å²) in [4.78, 5) is 42.7. The maximum absolute atomic E-state index is 13.4. The van der Waals surface area contributed by atoms with E-state index in [1.165, 1.54) is 4.90 Å². The van der Waals surface area contributed by atoms with Gasteiger partial charge in [-0.3, -0.25) is 14.4 Å². The third kappa shape index (κ3) is 6.26. The highest BCUT2D eigenvalue weighted by Crippen LogP contribution is 2.21. The number of aliphatic hydroxyl groups excluding tert-OH is 1. The number of hydrogen-bond donors (Lipinski definition) is 2. The van der Waals surface area contributed by atoms with E-state index in [0.717, 1.165) is 11.1 Å². The van der Waals surface area contributed by atoms with E-state index in [9.17, 15) is 19.5 Å². The Bertz CT molecular complexity index is 1050. The number of β-amino-alcohol motifs (C(OH)–C–C–N with tert-alkyl or cyclic N) is 1. The average Bonchev–Trinajstić information content (AvgIpc) is 3.45. The number of carbonyl (C=O) groups is 3. The molecule has 35 heavy (non-hydrogen) atoms. The zero-order chi connectivity index (χ0) is 24.9. The largest absolute Gasteiger partial charge is 0.391 e. The van der Waals surface area contributed by atoms with Crippen LogP contribution in [0.1, 0.15) is 29.0 Å². The zero-order valence-corrected chi connectivity index (χ0v) is 20.1. The van der Waals surface area contributed by atoms with Gasteiger partial charge >= 0.3 is 0 Å². The number of hydrogen-bond acceptors (Lipinski definition) is 7. The highest BCUT2D eigenvalue weighted by Gasteiger charge is 2.40. The van der Waals surface area contributed by atoms with Crippen LogP contribution in [-0.2, 0) is 32.0 Å². The molecule has 2 aliphatic heterocycles. The van der Waals surface area contributed by atoms with Gasteiger partial charge in [0.1, 0.15) is 17.8 Å². The van der Waals surface area contributed by atoms with Crippen molar-refractivity contribution in [3.05, 3.63) is 52.9 Å². The first kappa shape index (κ1) is 24.9. The lowest BCUT2D eigenvalue weighted by molar-refractivity contribution is -0.142. The number of likely N-dealkylation sites (tertiary alicyclic amines) is 1. The summed E-state index contributed by atoms with van der Waals surface area (Å²) < 4.78 is 10.5. The van der Waals surface area contributed by atoms with Gasteiger partial charge in [-0.2, -0.15) is 0 Å². The molecule has 3 heterocycles. The molecule has 2 saturated heterocycles. The summed E-state index contributed by atoms with van der Waals surface area (Å²) in [5.74, 6) is -0.585. The third-order valence-corrected chi connectivity index (χ3v) is 6.40. The van der Waals surface area contributed by atoms with Crippen LogP contribution in [0.5, 0.6) is 0 Å². The fourth-order valence-corrected chi connectivity index (χ4v) is 4.52. The molecule has 10 nitrogen and oxygen atoms in total. The summed E-state index contributed by atoms with van der Waals surface area (Å²) in [6, 6.07) is 7.80. The molecule has 3 amide bonds. The molecule has 3 atom stereocenters. The van der Waals surface area contributed by atoms with E-state index < -0.39 is 24.1 Å². The molecule has 188 valence electrons. The number of morpholine rings is 1. The summed E-state index contributed by atoms with van der Waals surface area (Å²) in [5, 5.41) is 16.9. The summed E-state index contributed by atoms with van der Waals surface area (Å²) in [7, 11) is 0. The number of benzene rings is 1. The second-order valence-corrected chi connectivity index (χ2v) is 9.25. The van der Waals surface area contributed by atoms with Crippen LogP contribution in [0.15, 0.2) is 34.9 Å². The normalized spacial score (nSPS) is 21.1. The molecular formula is C25H32N4O6. The van der Waals surface area contributed by atoms with Crippen LogP contribution in [0.3, 0.4) is 0 Å². The molecule has 2 aromatic rings. The molecule has 0 radical (unpaired) electrons. The monoisotopic (exact) mass is 484 g/mol. The number of aryl methyl sites for hydroxylation is 2. The highest BCUT2D eigenvalue weighted by atomic mass is 16.5. The Morgan fingerprint density at radius 2 is 1.89 bits per heavy atom. The lowest BCUT2D eigenvalue weighted by Crippen LogP contribution is -2.56. The Morgan fingerprint density at radius 1 is 1.17 bits per heavy atom. The number of rotatable bonds is 7. The Hall–Kier alpha value is -3.24. The van der Waals surface area contributed by atoms with Gasteiger partial charge in [0.15, 0.2) is 0 Å². The molecule has 1 aromatic carbocycles. The summed E-state index contributed by atoms with van der Waals surface area (Å²) in [6.45, 7) is 5.62. The summed E-state index contributed by atoms with van der Waals surface area (Å²) >= 11 is 0. The van der Waals surface area contributed by atoms with Crippen molar-refractivity contribution in [2.24, 2.45) is 0 Å². The number of aliphatic hydroxyl groups is 1. The Morgan fingerprint density at radius 3 is 2.54 bits per heavy atom. The smallest absolute Gasteiger partial charge is 0.245 e. The molecule has 0 spiro atoms. The van der Waals surface area contributed by atoms with Crippen molar-refractivity contribution in [1.82, 2.24) is 20.3 Å². The van der Waals surface area contributed by atoms with Gasteiger partial charge in [0.25, 0.3) is 0 Å². The topological polar surface area (TPSA) is 125 Å².